The molecule has 8 nitrogen and oxygen atoms in total. The average molecular weight is 393 g/mol. The zero-order valence-corrected chi connectivity index (χ0v) is 14.6. The number of rotatable bonds is 6. The Hall–Kier alpha value is -3.42. The molecular formula is C17H14F3N5O3. The Balaban J connectivity index is 1.75. The van der Waals surface area contributed by atoms with Gasteiger partial charge in [-0.15, -0.1) is 0 Å². The summed E-state index contributed by atoms with van der Waals surface area (Å²) >= 11 is 0. The first kappa shape index (κ1) is 19.3. The van der Waals surface area contributed by atoms with Crippen LogP contribution in [0.4, 0.5) is 13.2 Å². The third-order valence-electron chi connectivity index (χ3n) is 3.97. The van der Waals surface area contributed by atoms with Crippen molar-refractivity contribution in [3.63, 3.8) is 0 Å². The van der Waals surface area contributed by atoms with Crippen LogP contribution in [0.25, 0.3) is 11.4 Å². The minimum atomic E-state index is -4.71. The molecule has 1 aromatic carbocycles. The molecule has 0 atom stereocenters. The number of aromatic nitrogens is 2. The van der Waals surface area contributed by atoms with Crippen molar-refractivity contribution in [3.8, 4) is 17.5 Å². The van der Waals surface area contributed by atoms with Crippen molar-refractivity contribution in [2.45, 2.75) is 31.6 Å². The summed E-state index contributed by atoms with van der Waals surface area (Å²) in [6.45, 7) is 0.217. The second-order valence-corrected chi connectivity index (χ2v) is 6.02. The monoisotopic (exact) mass is 393 g/mol. The fraction of sp³-hybridized carbons (Fsp3) is 0.353. The molecule has 146 valence electrons. The molecule has 3 rings (SSSR count). The van der Waals surface area contributed by atoms with E-state index in [1.807, 2.05) is 0 Å². The molecule has 0 spiro atoms. The van der Waals surface area contributed by atoms with Gasteiger partial charge in [-0.1, -0.05) is 34.6 Å². The van der Waals surface area contributed by atoms with Crippen molar-refractivity contribution in [1.82, 2.24) is 15.0 Å². The van der Waals surface area contributed by atoms with E-state index in [-0.39, 0.29) is 24.1 Å². The summed E-state index contributed by atoms with van der Waals surface area (Å²) in [7, 11) is 1.24. The third kappa shape index (κ3) is 4.28. The van der Waals surface area contributed by atoms with E-state index in [4.69, 9.17) is 5.26 Å². The van der Waals surface area contributed by atoms with Crippen molar-refractivity contribution < 1.29 is 27.3 Å². The predicted octanol–water partition coefficient (Wildman–Crippen LogP) is 2.77. The van der Waals surface area contributed by atoms with Crippen LogP contribution in [0.2, 0.25) is 0 Å². The van der Waals surface area contributed by atoms with Crippen LogP contribution in [0.1, 0.15) is 24.3 Å². The lowest BCUT2D eigenvalue weighted by atomic mass is 10.1. The summed E-state index contributed by atoms with van der Waals surface area (Å²) in [6.07, 6.45) is -3.07. The van der Waals surface area contributed by atoms with Gasteiger partial charge in [0.25, 0.3) is 5.91 Å². The highest BCUT2D eigenvalue weighted by Gasteiger charge is 2.38. The van der Waals surface area contributed by atoms with Gasteiger partial charge in [-0.25, -0.2) is 0 Å². The standard InChI is InChI=1S/C17H14F3N5O3/c1-27-23-13(8-21)15(26)25(12-6-7-12)9-10-2-4-11(5-3-10)14-22-16(28-24-14)17(18,19)20/h2-5,12H,6-7,9H2,1H3/b23-13+. The molecule has 0 aliphatic heterocycles. The van der Waals surface area contributed by atoms with Gasteiger partial charge in [0.15, 0.2) is 0 Å². The highest BCUT2D eigenvalue weighted by atomic mass is 19.4. The molecule has 0 N–H and O–H groups in total. The maximum absolute atomic E-state index is 12.6. The number of hydrogen-bond acceptors (Lipinski definition) is 7. The molecule has 28 heavy (non-hydrogen) atoms. The summed E-state index contributed by atoms with van der Waals surface area (Å²) in [5, 5.41) is 15.8. The Kier molecular flexibility index (Phi) is 5.30. The molecule has 1 aromatic heterocycles. The SMILES string of the molecule is CO/N=C(\C#N)C(=O)N(Cc1ccc(-c2noc(C(F)(F)F)n2)cc1)C1CC1. The van der Waals surface area contributed by atoms with E-state index in [2.05, 4.69) is 24.7 Å². The summed E-state index contributed by atoms with van der Waals surface area (Å²) in [5.74, 6) is -2.14. The first-order valence-electron chi connectivity index (χ1n) is 8.16. The van der Waals surface area contributed by atoms with E-state index in [9.17, 15) is 18.0 Å². The van der Waals surface area contributed by atoms with Gasteiger partial charge in [0.1, 0.15) is 13.2 Å². The van der Waals surface area contributed by atoms with Crippen LogP contribution in [0.5, 0.6) is 0 Å². The number of hydrogen-bond donors (Lipinski definition) is 0. The first-order chi connectivity index (χ1) is 13.3. The molecule has 1 fully saturated rings. The van der Waals surface area contributed by atoms with Gasteiger partial charge in [0.05, 0.1) is 0 Å². The molecule has 1 aliphatic carbocycles. The summed E-state index contributed by atoms with van der Waals surface area (Å²) in [6, 6.07) is 8.06. The zero-order valence-electron chi connectivity index (χ0n) is 14.6. The number of carbonyl (C=O) groups excluding carboxylic acids is 1. The van der Waals surface area contributed by atoms with Crippen molar-refractivity contribution in [2.75, 3.05) is 7.11 Å². The Morgan fingerprint density at radius 2 is 2.07 bits per heavy atom. The van der Waals surface area contributed by atoms with E-state index in [0.29, 0.717) is 5.56 Å². The van der Waals surface area contributed by atoms with Gasteiger partial charge >= 0.3 is 12.1 Å². The van der Waals surface area contributed by atoms with E-state index in [1.54, 1.807) is 18.2 Å². The van der Waals surface area contributed by atoms with Crippen molar-refractivity contribution in [1.29, 1.82) is 5.26 Å². The Labute approximate surface area is 157 Å². The van der Waals surface area contributed by atoms with E-state index in [1.165, 1.54) is 24.1 Å². The number of nitriles is 1. The summed E-state index contributed by atoms with van der Waals surface area (Å²) in [4.78, 5) is 21.9. The largest absolute Gasteiger partial charge is 0.471 e. The maximum Gasteiger partial charge on any atom is 0.471 e. The number of benzene rings is 1. The first-order valence-corrected chi connectivity index (χ1v) is 8.16. The van der Waals surface area contributed by atoms with E-state index >= 15 is 0 Å². The normalized spacial score (nSPS) is 14.5. The van der Waals surface area contributed by atoms with Crippen LogP contribution in [-0.2, 0) is 22.4 Å². The zero-order chi connectivity index (χ0) is 20.3. The highest BCUT2D eigenvalue weighted by Crippen LogP contribution is 2.31. The lowest BCUT2D eigenvalue weighted by molar-refractivity contribution is -0.159. The molecule has 1 amide bonds. The molecule has 0 unspecified atom stereocenters. The molecule has 0 bridgehead atoms. The average Bonchev–Trinajstić information content (AvgIpc) is 3.38. The van der Waals surface area contributed by atoms with Crippen molar-refractivity contribution in [3.05, 3.63) is 35.7 Å². The summed E-state index contributed by atoms with van der Waals surface area (Å²) < 4.78 is 41.9. The van der Waals surface area contributed by atoms with Gasteiger partial charge in [0, 0.05) is 18.2 Å². The van der Waals surface area contributed by atoms with Crippen LogP contribution in [0, 0.1) is 11.3 Å². The third-order valence-corrected chi connectivity index (χ3v) is 3.97. The van der Waals surface area contributed by atoms with Gasteiger partial charge in [0.2, 0.25) is 11.5 Å². The van der Waals surface area contributed by atoms with E-state index in [0.717, 1.165) is 18.4 Å². The highest BCUT2D eigenvalue weighted by molar-refractivity contribution is 6.45. The number of nitrogens with zero attached hydrogens (tertiary/aromatic N) is 5. The molecular weight excluding hydrogens is 379 g/mol. The van der Waals surface area contributed by atoms with Crippen LogP contribution >= 0.6 is 0 Å². The van der Waals surface area contributed by atoms with Crippen LogP contribution < -0.4 is 0 Å². The molecule has 0 saturated heterocycles. The number of oxime groups is 1. The van der Waals surface area contributed by atoms with Gasteiger partial charge in [-0.2, -0.15) is 23.4 Å². The molecule has 1 aliphatic rings. The Morgan fingerprint density at radius 1 is 1.39 bits per heavy atom. The predicted molar refractivity (Wildman–Crippen MR) is 88.4 cm³/mol. The quantitative estimate of drug-likeness (QED) is 0.552. The second-order valence-electron chi connectivity index (χ2n) is 6.02. The minimum absolute atomic E-state index is 0.00846. The van der Waals surface area contributed by atoms with Crippen molar-refractivity contribution >= 4 is 11.6 Å². The fourth-order valence-corrected chi connectivity index (χ4v) is 2.50. The lowest BCUT2D eigenvalue weighted by Gasteiger charge is -2.21. The van der Waals surface area contributed by atoms with Crippen molar-refractivity contribution in [2.24, 2.45) is 5.16 Å². The number of amides is 1. The van der Waals surface area contributed by atoms with Crippen LogP contribution in [0.15, 0.2) is 33.9 Å². The smallest absolute Gasteiger partial charge is 0.398 e. The number of alkyl halides is 3. The molecule has 2 aromatic rings. The Morgan fingerprint density at radius 3 is 2.57 bits per heavy atom. The topological polar surface area (TPSA) is 105 Å². The number of carbonyl (C=O) groups is 1. The molecule has 1 heterocycles. The molecule has 0 radical (unpaired) electrons. The molecule has 1 saturated carbocycles. The number of halogens is 3. The van der Waals surface area contributed by atoms with E-state index < -0.39 is 18.0 Å². The Bertz CT molecular complexity index is 927. The van der Waals surface area contributed by atoms with Gasteiger partial charge in [-0.05, 0) is 18.4 Å². The minimum Gasteiger partial charge on any atom is -0.398 e. The van der Waals surface area contributed by atoms with Crippen LogP contribution in [-0.4, -0.2) is 39.8 Å². The molecule has 11 heteroatoms. The second kappa shape index (κ2) is 7.67. The lowest BCUT2D eigenvalue weighted by Crippen LogP contribution is -2.37. The summed E-state index contributed by atoms with van der Waals surface area (Å²) in [5.41, 5.74) is 0.710. The van der Waals surface area contributed by atoms with Gasteiger partial charge < -0.3 is 14.3 Å². The maximum atomic E-state index is 12.6. The van der Waals surface area contributed by atoms with Gasteiger partial charge in [-0.3, -0.25) is 4.79 Å². The van der Waals surface area contributed by atoms with Crippen LogP contribution in [0.3, 0.4) is 0 Å². The fourth-order valence-electron chi connectivity index (χ4n) is 2.50.